The van der Waals surface area contributed by atoms with Crippen LogP contribution < -0.4 is 5.32 Å². The average Bonchev–Trinajstić information content (AvgIpc) is 3.51. The van der Waals surface area contributed by atoms with Gasteiger partial charge in [-0.15, -0.1) is 11.3 Å². The van der Waals surface area contributed by atoms with Gasteiger partial charge in [0.2, 0.25) is 0 Å². The molecule has 0 bridgehead atoms. The van der Waals surface area contributed by atoms with Gasteiger partial charge in [0.25, 0.3) is 0 Å². The number of benzene rings is 1. The van der Waals surface area contributed by atoms with E-state index in [1.165, 1.54) is 4.88 Å². The van der Waals surface area contributed by atoms with Crippen molar-refractivity contribution in [1.82, 2.24) is 5.32 Å². The van der Waals surface area contributed by atoms with Gasteiger partial charge in [0.15, 0.2) is 5.78 Å². The lowest BCUT2D eigenvalue weighted by Crippen LogP contribution is -2.42. The molecular weight excluding hydrogens is 446 g/mol. The molecule has 2 aliphatic rings. The maximum atomic E-state index is 13.5. The van der Waals surface area contributed by atoms with Gasteiger partial charge < -0.3 is 14.5 Å². The van der Waals surface area contributed by atoms with Crippen molar-refractivity contribution in [2.45, 2.75) is 38.0 Å². The van der Waals surface area contributed by atoms with Crippen molar-refractivity contribution < 1.29 is 18.7 Å². The smallest absolute Gasteiger partial charge is 0.316 e. The minimum atomic E-state index is -0.734. The number of carbonyl (C=O) groups is 2. The minimum Gasteiger partial charge on any atom is -0.466 e. The summed E-state index contributed by atoms with van der Waals surface area (Å²) in [7, 11) is 0. The van der Waals surface area contributed by atoms with E-state index in [4.69, 9.17) is 9.15 Å². The van der Waals surface area contributed by atoms with Crippen molar-refractivity contribution in [2.75, 3.05) is 6.61 Å². The molecule has 3 heterocycles. The van der Waals surface area contributed by atoms with Crippen LogP contribution in [0.3, 0.4) is 0 Å². The van der Waals surface area contributed by atoms with Crippen molar-refractivity contribution in [3.63, 3.8) is 0 Å². The topological polar surface area (TPSA) is 68.5 Å². The fourth-order valence-electron chi connectivity index (χ4n) is 4.98. The molecular formula is C28H27NO4S. The number of ketones is 1. The molecule has 0 radical (unpaired) electrons. The molecule has 0 amide bonds. The largest absolute Gasteiger partial charge is 0.466 e. The first-order chi connectivity index (χ1) is 16.5. The highest BCUT2D eigenvalue weighted by Gasteiger charge is 2.46. The molecule has 1 aliphatic carbocycles. The van der Waals surface area contributed by atoms with Crippen LogP contribution in [0.15, 0.2) is 87.9 Å². The van der Waals surface area contributed by atoms with Crippen molar-refractivity contribution in [2.24, 2.45) is 5.92 Å². The number of hydrogen-bond acceptors (Lipinski definition) is 6. The fraction of sp³-hybridized carbons (Fsp3) is 0.286. The van der Waals surface area contributed by atoms with E-state index in [1.807, 2.05) is 60.8 Å². The second-order valence-electron chi connectivity index (χ2n) is 8.89. The molecule has 1 N–H and O–H groups in total. The lowest BCUT2D eigenvalue weighted by Gasteiger charge is -2.38. The Balaban J connectivity index is 1.43. The molecule has 5 rings (SSSR count). The highest BCUT2D eigenvalue weighted by molar-refractivity contribution is 7.10. The van der Waals surface area contributed by atoms with Gasteiger partial charge in [-0.05, 0) is 42.5 Å². The number of hydrogen-bond donors (Lipinski definition) is 1. The second kappa shape index (κ2) is 9.47. The zero-order valence-corrected chi connectivity index (χ0v) is 19.9. The van der Waals surface area contributed by atoms with E-state index in [9.17, 15) is 9.59 Å². The third-order valence-corrected chi connectivity index (χ3v) is 7.62. The minimum absolute atomic E-state index is 0.0424. The first-order valence-corrected chi connectivity index (χ1v) is 12.4. The van der Waals surface area contributed by atoms with E-state index < -0.39 is 17.8 Å². The van der Waals surface area contributed by atoms with Gasteiger partial charge in [0, 0.05) is 40.6 Å². The summed E-state index contributed by atoms with van der Waals surface area (Å²) in [5, 5.41) is 5.35. The maximum absolute atomic E-state index is 13.5. The summed E-state index contributed by atoms with van der Waals surface area (Å²) >= 11 is 1.67. The first kappa shape index (κ1) is 22.4. The van der Waals surface area contributed by atoms with E-state index in [2.05, 4.69) is 18.0 Å². The Hall–Kier alpha value is -3.38. The number of thiophene rings is 1. The molecule has 3 atom stereocenters. The summed E-state index contributed by atoms with van der Waals surface area (Å²) in [5.74, 6) is -0.175. The predicted octanol–water partition coefficient (Wildman–Crippen LogP) is 5.65. The van der Waals surface area contributed by atoms with Gasteiger partial charge in [0.1, 0.15) is 17.4 Å². The van der Waals surface area contributed by atoms with Gasteiger partial charge in [-0.3, -0.25) is 9.59 Å². The highest BCUT2D eigenvalue weighted by Crippen LogP contribution is 2.47. The van der Waals surface area contributed by atoms with Crippen molar-refractivity contribution >= 4 is 23.1 Å². The van der Waals surface area contributed by atoms with Crippen molar-refractivity contribution in [1.29, 1.82) is 0 Å². The number of esters is 1. The number of aryl methyl sites for hydroxylation is 1. The average molecular weight is 474 g/mol. The maximum Gasteiger partial charge on any atom is 0.316 e. The molecule has 1 aromatic carbocycles. The molecule has 3 unspecified atom stereocenters. The van der Waals surface area contributed by atoms with Crippen LogP contribution in [0.2, 0.25) is 0 Å². The van der Waals surface area contributed by atoms with Crippen LogP contribution in [0.25, 0.3) is 0 Å². The molecule has 5 nitrogen and oxygen atoms in total. The van der Waals surface area contributed by atoms with E-state index >= 15 is 0 Å². The lowest BCUT2D eigenvalue weighted by atomic mass is 9.71. The van der Waals surface area contributed by atoms with Gasteiger partial charge in [0.05, 0.1) is 12.5 Å². The Labute approximate surface area is 203 Å². The van der Waals surface area contributed by atoms with Crippen LogP contribution in [0.1, 0.15) is 46.6 Å². The summed E-state index contributed by atoms with van der Waals surface area (Å²) in [6.07, 6.45) is 1.74. The summed E-state index contributed by atoms with van der Waals surface area (Å²) in [4.78, 5) is 28.0. The lowest BCUT2D eigenvalue weighted by molar-refractivity contribution is -0.148. The summed E-state index contributed by atoms with van der Waals surface area (Å²) in [5.41, 5.74) is 3.11. The van der Waals surface area contributed by atoms with Gasteiger partial charge in [-0.1, -0.05) is 43.0 Å². The Kier molecular flexibility index (Phi) is 6.24. The van der Waals surface area contributed by atoms with Crippen molar-refractivity contribution in [3.05, 3.63) is 105 Å². The molecule has 2 aromatic heterocycles. The molecule has 34 heavy (non-hydrogen) atoms. The number of rotatable bonds is 6. The van der Waals surface area contributed by atoms with E-state index in [0.29, 0.717) is 36.3 Å². The van der Waals surface area contributed by atoms with Gasteiger partial charge >= 0.3 is 5.97 Å². The number of nitrogens with one attached hydrogen (secondary N) is 1. The fourth-order valence-corrected chi connectivity index (χ4v) is 5.81. The molecule has 1 aliphatic heterocycles. The predicted molar refractivity (Wildman–Crippen MR) is 131 cm³/mol. The van der Waals surface area contributed by atoms with Crippen LogP contribution in [-0.2, 0) is 20.7 Å². The standard InChI is InChI=1S/C28H27NO4S/c1-17-10-11-23(33-17)27-25(28(31)32-13-12-19-7-4-3-5-8-19)18(2)29-21-15-20(16-22(30)26(21)27)24-9-6-14-34-24/h3-11,14,20,25,27,29H,2,12-13,15-16H2,1H3. The van der Waals surface area contributed by atoms with Gasteiger partial charge in [-0.2, -0.15) is 0 Å². The number of ether oxygens (including phenoxy) is 1. The third-order valence-electron chi connectivity index (χ3n) is 6.58. The SMILES string of the molecule is C=C1NC2=C(C(=O)CC(c3cccs3)C2)C(c2ccc(C)o2)C1C(=O)OCCc1ccccc1. The zero-order valence-electron chi connectivity index (χ0n) is 19.1. The van der Waals surface area contributed by atoms with Crippen LogP contribution in [0.5, 0.6) is 0 Å². The Morgan fingerprint density at radius 1 is 1.15 bits per heavy atom. The van der Waals surface area contributed by atoms with Crippen LogP contribution in [0.4, 0.5) is 0 Å². The Morgan fingerprint density at radius 3 is 2.68 bits per heavy atom. The molecule has 174 valence electrons. The number of Topliss-reactive ketones (excluding diaryl/α,β-unsaturated/α-hetero) is 1. The summed E-state index contributed by atoms with van der Waals surface area (Å²) in [6, 6.07) is 17.7. The molecule has 6 heteroatoms. The number of allylic oxidation sites excluding steroid dienone is 2. The first-order valence-electron chi connectivity index (χ1n) is 11.5. The van der Waals surface area contributed by atoms with Gasteiger partial charge in [-0.25, -0.2) is 0 Å². The van der Waals surface area contributed by atoms with E-state index in [1.54, 1.807) is 11.3 Å². The molecule has 0 saturated carbocycles. The highest BCUT2D eigenvalue weighted by atomic mass is 32.1. The van der Waals surface area contributed by atoms with E-state index in [0.717, 1.165) is 17.0 Å². The Morgan fingerprint density at radius 2 is 1.97 bits per heavy atom. The molecule has 3 aromatic rings. The normalized spacial score (nSPS) is 22.3. The van der Waals surface area contributed by atoms with E-state index in [-0.39, 0.29) is 18.3 Å². The third kappa shape index (κ3) is 4.38. The molecule has 0 spiro atoms. The molecule has 0 saturated heterocycles. The Bertz CT molecular complexity index is 1240. The monoisotopic (exact) mass is 473 g/mol. The number of furan rings is 1. The summed E-state index contributed by atoms with van der Waals surface area (Å²) < 4.78 is 11.7. The van der Waals surface area contributed by atoms with Crippen LogP contribution in [0, 0.1) is 12.8 Å². The number of carbonyl (C=O) groups excluding carboxylic acids is 2. The van der Waals surface area contributed by atoms with Crippen molar-refractivity contribution in [3.8, 4) is 0 Å². The summed E-state index contributed by atoms with van der Waals surface area (Å²) in [6.45, 7) is 6.29. The zero-order chi connectivity index (χ0) is 23.7. The van der Waals surface area contributed by atoms with Crippen LogP contribution >= 0.6 is 11.3 Å². The quantitative estimate of drug-likeness (QED) is 0.469. The second-order valence-corrected chi connectivity index (χ2v) is 9.87. The molecule has 0 fully saturated rings. The van der Waals surface area contributed by atoms with Crippen LogP contribution in [-0.4, -0.2) is 18.4 Å².